The summed E-state index contributed by atoms with van der Waals surface area (Å²) in [6.45, 7) is 4.06. The van der Waals surface area contributed by atoms with Crippen LogP contribution in [-0.2, 0) is 13.1 Å². The van der Waals surface area contributed by atoms with E-state index in [9.17, 15) is 4.79 Å². The van der Waals surface area contributed by atoms with Gasteiger partial charge in [0.1, 0.15) is 5.75 Å². The van der Waals surface area contributed by atoms with E-state index in [2.05, 4.69) is 17.2 Å². The Balaban J connectivity index is 1.61. The average molecular weight is 454 g/mol. The topological polar surface area (TPSA) is 75.8 Å². The minimum absolute atomic E-state index is 0.130. The van der Waals surface area contributed by atoms with Crippen LogP contribution in [0.3, 0.4) is 0 Å². The smallest absolute Gasteiger partial charge is 0.253 e. The molecule has 0 fully saturated rings. The number of unbranched alkanes of at least 4 members (excludes halogenated alkanes) is 1. The summed E-state index contributed by atoms with van der Waals surface area (Å²) in [4.78, 5) is 17.8. The molecule has 168 valence electrons. The van der Waals surface area contributed by atoms with E-state index in [1.807, 2.05) is 47.4 Å². The van der Waals surface area contributed by atoms with E-state index in [-0.39, 0.29) is 12.4 Å². The highest BCUT2D eigenvalue weighted by atomic mass is 32.1. The molecule has 1 aliphatic heterocycles. The normalized spacial score (nSPS) is 12.1. The van der Waals surface area contributed by atoms with Crippen LogP contribution in [0, 0.1) is 0 Å². The number of methoxy groups -OCH3 is 1. The number of pyridine rings is 1. The maximum Gasteiger partial charge on any atom is 0.253 e. The number of aromatic nitrogens is 1. The van der Waals surface area contributed by atoms with Gasteiger partial charge >= 0.3 is 0 Å². The summed E-state index contributed by atoms with van der Waals surface area (Å²) in [5.74, 6) is 2.20. The van der Waals surface area contributed by atoms with Crippen LogP contribution < -0.4 is 25.1 Å². The van der Waals surface area contributed by atoms with Crippen molar-refractivity contribution in [3.05, 3.63) is 63.9 Å². The molecule has 0 spiro atoms. The van der Waals surface area contributed by atoms with Gasteiger partial charge < -0.3 is 29.4 Å². The molecule has 0 bridgehead atoms. The highest BCUT2D eigenvalue weighted by molar-refractivity contribution is 7.80. The van der Waals surface area contributed by atoms with Crippen molar-refractivity contribution in [1.29, 1.82) is 0 Å². The van der Waals surface area contributed by atoms with Crippen molar-refractivity contribution in [2.45, 2.75) is 32.9 Å². The van der Waals surface area contributed by atoms with Crippen molar-refractivity contribution in [2.75, 3.05) is 20.4 Å². The number of aromatic amines is 1. The first-order valence-electron chi connectivity index (χ1n) is 10.7. The summed E-state index contributed by atoms with van der Waals surface area (Å²) in [5, 5.41) is 4.84. The van der Waals surface area contributed by atoms with Crippen LogP contribution >= 0.6 is 12.2 Å². The Labute approximate surface area is 192 Å². The number of hydrogen-bond acceptors (Lipinski definition) is 5. The van der Waals surface area contributed by atoms with Crippen molar-refractivity contribution >= 4 is 28.2 Å². The number of nitrogens with one attached hydrogen (secondary N) is 2. The predicted octanol–water partition coefficient (Wildman–Crippen LogP) is 3.94. The lowest BCUT2D eigenvalue weighted by Crippen LogP contribution is -2.40. The van der Waals surface area contributed by atoms with Crippen molar-refractivity contribution in [3.8, 4) is 17.2 Å². The highest BCUT2D eigenvalue weighted by Gasteiger charge is 2.17. The summed E-state index contributed by atoms with van der Waals surface area (Å²) in [7, 11) is 1.63. The number of H-pyrrole nitrogens is 1. The van der Waals surface area contributed by atoms with Gasteiger partial charge in [-0.3, -0.25) is 4.79 Å². The molecule has 8 heteroatoms. The van der Waals surface area contributed by atoms with Crippen LogP contribution in [0.4, 0.5) is 0 Å². The second-order valence-electron chi connectivity index (χ2n) is 7.71. The van der Waals surface area contributed by atoms with Crippen LogP contribution in [0.15, 0.2) is 47.3 Å². The minimum atomic E-state index is -0.130. The fraction of sp³-hybridized carbons (Fsp3) is 0.333. The lowest BCUT2D eigenvalue weighted by molar-refractivity contribution is 0.174. The molecule has 0 saturated carbocycles. The maximum absolute atomic E-state index is 12.8. The molecule has 0 radical (unpaired) electrons. The number of thiocarbonyl (C=S) groups is 1. The van der Waals surface area contributed by atoms with Gasteiger partial charge in [-0.2, -0.15) is 0 Å². The zero-order chi connectivity index (χ0) is 22.5. The monoisotopic (exact) mass is 453 g/mol. The van der Waals surface area contributed by atoms with Gasteiger partial charge in [-0.05, 0) is 60.6 Å². The van der Waals surface area contributed by atoms with Gasteiger partial charge in [-0.1, -0.05) is 19.4 Å². The molecule has 0 saturated heterocycles. The first kappa shape index (κ1) is 22.0. The summed E-state index contributed by atoms with van der Waals surface area (Å²) in [6, 6.07) is 13.3. The lowest BCUT2D eigenvalue weighted by Gasteiger charge is -2.26. The number of ether oxygens (including phenoxy) is 3. The summed E-state index contributed by atoms with van der Waals surface area (Å²) in [5.41, 5.74) is 2.29. The number of hydrogen-bond donors (Lipinski definition) is 2. The Morgan fingerprint density at radius 1 is 1.16 bits per heavy atom. The number of rotatable bonds is 8. The van der Waals surface area contributed by atoms with Crippen LogP contribution in [0.2, 0.25) is 0 Å². The molecule has 1 aromatic heterocycles. The average Bonchev–Trinajstić information content (AvgIpc) is 3.26. The molecular weight excluding hydrogens is 426 g/mol. The number of fused-ring (bicyclic) bond motifs is 2. The summed E-state index contributed by atoms with van der Waals surface area (Å²) >= 11 is 5.69. The van der Waals surface area contributed by atoms with Crippen molar-refractivity contribution in [2.24, 2.45) is 0 Å². The van der Waals surface area contributed by atoms with E-state index in [4.69, 9.17) is 26.4 Å². The van der Waals surface area contributed by atoms with E-state index in [0.29, 0.717) is 23.8 Å². The molecule has 7 nitrogen and oxygen atoms in total. The lowest BCUT2D eigenvalue weighted by atomic mass is 10.1. The van der Waals surface area contributed by atoms with Crippen LogP contribution in [0.1, 0.15) is 30.9 Å². The standard InChI is InChI=1S/C24H27N3O4S/c1-3-4-9-25-24(32)27(13-16-5-8-21-22(10-16)31-15-30-21)14-18-11-17-12-19(29-2)6-7-20(17)26-23(18)28/h5-8,10-12H,3-4,9,13-15H2,1-2H3,(H,25,32)(H,26,28). The predicted molar refractivity (Wildman–Crippen MR) is 128 cm³/mol. The molecule has 0 unspecified atom stereocenters. The van der Waals surface area contributed by atoms with Gasteiger partial charge in [0.05, 0.1) is 13.7 Å². The third-order valence-corrected chi connectivity index (χ3v) is 5.80. The SMILES string of the molecule is CCCCNC(=S)N(Cc1ccc2c(c1)OCO2)Cc1cc2cc(OC)ccc2[nH]c1=O. The Hall–Kier alpha value is -3.26. The molecule has 2 aromatic carbocycles. The zero-order valence-electron chi connectivity index (χ0n) is 18.3. The van der Waals surface area contributed by atoms with Crippen LogP contribution in [-0.4, -0.2) is 35.4 Å². The molecule has 4 rings (SSSR count). The van der Waals surface area contributed by atoms with Gasteiger partial charge in [0.15, 0.2) is 16.6 Å². The number of benzene rings is 2. The third kappa shape index (κ3) is 4.96. The molecule has 3 aromatic rings. The van der Waals surface area contributed by atoms with Gasteiger partial charge in [-0.25, -0.2) is 0 Å². The quantitative estimate of drug-likeness (QED) is 0.395. The Morgan fingerprint density at radius 2 is 2.00 bits per heavy atom. The zero-order valence-corrected chi connectivity index (χ0v) is 19.1. The molecule has 2 heterocycles. The molecule has 2 N–H and O–H groups in total. The highest BCUT2D eigenvalue weighted by Crippen LogP contribution is 2.33. The van der Waals surface area contributed by atoms with E-state index < -0.39 is 0 Å². The second-order valence-corrected chi connectivity index (χ2v) is 8.09. The van der Waals surface area contributed by atoms with E-state index in [1.54, 1.807) is 7.11 Å². The van der Waals surface area contributed by atoms with E-state index in [1.165, 1.54) is 0 Å². The van der Waals surface area contributed by atoms with Crippen LogP contribution in [0.25, 0.3) is 10.9 Å². The number of nitrogens with zero attached hydrogens (tertiary/aromatic N) is 1. The molecular formula is C24H27N3O4S. The fourth-order valence-corrected chi connectivity index (χ4v) is 3.85. The van der Waals surface area contributed by atoms with Crippen molar-refractivity contribution in [3.63, 3.8) is 0 Å². The van der Waals surface area contributed by atoms with E-state index in [0.717, 1.165) is 53.1 Å². The molecule has 32 heavy (non-hydrogen) atoms. The van der Waals surface area contributed by atoms with Gasteiger partial charge in [0, 0.05) is 29.6 Å². The Kier molecular flexibility index (Phi) is 6.80. The third-order valence-electron chi connectivity index (χ3n) is 5.39. The summed E-state index contributed by atoms with van der Waals surface area (Å²) < 4.78 is 16.3. The first-order chi connectivity index (χ1) is 15.6. The molecule has 0 atom stereocenters. The van der Waals surface area contributed by atoms with Crippen LogP contribution in [0.5, 0.6) is 17.2 Å². The summed E-state index contributed by atoms with van der Waals surface area (Å²) in [6.07, 6.45) is 2.10. The van der Waals surface area contributed by atoms with Gasteiger partial charge in [-0.15, -0.1) is 0 Å². The minimum Gasteiger partial charge on any atom is -0.497 e. The first-order valence-corrected chi connectivity index (χ1v) is 11.1. The molecule has 0 aliphatic carbocycles. The molecule has 1 aliphatic rings. The Bertz CT molecular complexity index is 1180. The van der Waals surface area contributed by atoms with Crippen molar-refractivity contribution in [1.82, 2.24) is 15.2 Å². The second kappa shape index (κ2) is 9.91. The van der Waals surface area contributed by atoms with Gasteiger partial charge in [0.2, 0.25) is 6.79 Å². The van der Waals surface area contributed by atoms with Gasteiger partial charge in [0.25, 0.3) is 5.56 Å². The maximum atomic E-state index is 12.8. The molecule has 0 amide bonds. The van der Waals surface area contributed by atoms with E-state index >= 15 is 0 Å². The largest absolute Gasteiger partial charge is 0.497 e. The Morgan fingerprint density at radius 3 is 2.81 bits per heavy atom. The fourth-order valence-electron chi connectivity index (χ4n) is 3.62. The van der Waals surface area contributed by atoms with Crippen molar-refractivity contribution < 1.29 is 14.2 Å².